The second-order valence-corrected chi connectivity index (χ2v) is 3.22. The summed E-state index contributed by atoms with van der Waals surface area (Å²) in [5, 5.41) is 12.3. The SMILES string of the molecule is C=C=CC(=O)OCCNC(=O)O.O=C1CCC(=O)N1.[HH]. The van der Waals surface area contributed by atoms with Crippen molar-refractivity contribution in [2.24, 2.45) is 0 Å². The molecule has 0 spiro atoms. The summed E-state index contributed by atoms with van der Waals surface area (Å²) in [6.07, 6.45) is 0.628. The van der Waals surface area contributed by atoms with Gasteiger partial charge in [-0.05, 0) is 0 Å². The van der Waals surface area contributed by atoms with Gasteiger partial charge in [0.25, 0.3) is 0 Å². The highest BCUT2D eigenvalue weighted by atomic mass is 16.5. The maximum atomic E-state index is 10.5. The van der Waals surface area contributed by atoms with Gasteiger partial charge in [0.15, 0.2) is 0 Å². The Balaban J connectivity index is 0. The van der Waals surface area contributed by atoms with Crippen molar-refractivity contribution in [3.8, 4) is 0 Å². The van der Waals surface area contributed by atoms with Crippen LogP contribution in [0.15, 0.2) is 18.4 Å². The van der Waals surface area contributed by atoms with Crippen LogP contribution in [0.2, 0.25) is 0 Å². The fourth-order valence-corrected chi connectivity index (χ4v) is 0.942. The Bertz CT molecular complexity index is 403. The van der Waals surface area contributed by atoms with E-state index in [1.165, 1.54) is 0 Å². The van der Waals surface area contributed by atoms with Crippen LogP contribution >= 0.6 is 0 Å². The van der Waals surface area contributed by atoms with Gasteiger partial charge in [-0.1, -0.05) is 6.58 Å². The molecule has 1 rings (SSSR count). The molecule has 106 valence electrons. The molecule has 1 aliphatic rings. The fourth-order valence-electron chi connectivity index (χ4n) is 0.942. The number of hydrogen-bond donors (Lipinski definition) is 3. The number of hydrogen-bond acceptors (Lipinski definition) is 5. The first kappa shape index (κ1) is 16.4. The van der Waals surface area contributed by atoms with Crippen molar-refractivity contribution in [2.75, 3.05) is 13.2 Å². The Kier molecular flexibility index (Phi) is 8.14. The summed E-state index contributed by atoms with van der Waals surface area (Å²) in [4.78, 5) is 40.7. The van der Waals surface area contributed by atoms with E-state index in [9.17, 15) is 19.2 Å². The van der Waals surface area contributed by atoms with Crippen molar-refractivity contribution < 1.29 is 30.4 Å². The lowest BCUT2D eigenvalue weighted by molar-refractivity contribution is -0.137. The molecule has 0 aliphatic carbocycles. The number of imide groups is 1. The van der Waals surface area contributed by atoms with Crippen LogP contribution in [-0.4, -0.2) is 42.1 Å². The second-order valence-electron chi connectivity index (χ2n) is 3.22. The number of amides is 3. The Morgan fingerprint density at radius 2 is 2.05 bits per heavy atom. The van der Waals surface area contributed by atoms with E-state index in [-0.39, 0.29) is 26.4 Å². The van der Waals surface area contributed by atoms with Gasteiger partial charge in [0, 0.05) is 14.3 Å². The van der Waals surface area contributed by atoms with Crippen molar-refractivity contribution in [3.05, 3.63) is 18.4 Å². The summed E-state index contributed by atoms with van der Waals surface area (Å²) in [6.45, 7) is 3.24. The third-order valence-electron chi connectivity index (χ3n) is 1.70. The minimum Gasteiger partial charge on any atom is -0.465 e. The second kappa shape index (κ2) is 9.43. The molecule has 1 fully saturated rings. The minimum atomic E-state index is -1.15. The number of rotatable bonds is 4. The largest absolute Gasteiger partial charge is 0.465 e. The third-order valence-corrected chi connectivity index (χ3v) is 1.70. The average molecular weight is 272 g/mol. The topological polar surface area (TPSA) is 122 Å². The van der Waals surface area contributed by atoms with Crippen LogP contribution in [-0.2, 0) is 19.1 Å². The quantitative estimate of drug-likeness (QED) is 0.214. The highest BCUT2D eigenvalue weighted by Gasteiger charge is 2.15. The van der Waals surface area contributed by atoms with E-state index in [2.05, 4.69) is 22.4 Å². The molecule has 3 amide bonds. The molecule has 0 aromatic carbocycles. The van der Waals surface area contributed by atoms with Crippen LogP contribution in [0.4, 0.5) is 4.79 Å². The fraction of sp³-hybridized carbons (Fsp3) is 0.364. The number of carboxylic acid groups (broad SMARTS) is 1. The van der Waals surface area contributed by atoms with Crippen LogP contribution < -0.4 is 10.6 Å². The Morgan fingerprint density at radius 1 is 1.47 bits per heavy atom. The zero-order valence-corrected chi connectivity index (χ0v) is 10.1. The Labute approximate surface area is 110 Å². The van der Waals surface area contributed by atoms with Crippen molar-refractivity contribution in [1.82, 2.24) is 10.6 Å². The lowest BCUT2D eigenvalue weighted by Gasteiger charge is -2.00. The smallest absolute Gasteiger partial charge is 0.404 e. The summed E-state index contributed by atoms with van der Waals surface area (Å²) >= 11 is 0. The Hall–Kier alpha value is -2.60. The van der Waals surface area contributed by atoms with Crippen LogP contribution in [0, 0.1) is 0 Å². The number of carbonyl (C=O) groups is 4. The highest BCUT2D eigenvalue weighted by Crippen LogP contribution is 1.95. The molecule has 3 N–H and O–H groups in total. The first-order valence-electron chi connectivity index (χ1n) is 5.27. The minimum absolute atomic E-state index is 0. The number of esters is 1. The van der Waals surface area contributed by atoms with Crippen molar-refractivity contribution in [1.29, 1.82) is 0 Å². The van der Waals surface area contributed by atoms with Crippen molar-refractivity contribution in [3.63, 3.8) is 0 Å². The van der Waals surface area contributed by atoms with Crippen LogP contribution in [0.25, 0.3) is 0 Å². The maximum Gasteiger partial charge on any atom is 0.404 e. The average Bonchev–Trinajstić information content (AvgIpc) is 2.70. The molecule has 0 atom stereocenters. The van der Waals surface area contributed by atoms with Gasteiger partial charge in [0.2, 0.25) is 11.8 Å². The van der Waals surface area contributed by atoms with E-state index < -0.39 is 12.1 Å². The van der Waals surface area contributed by atoms with Gasteiger partial charge in [-0.15, -0.1) is 5.73 Å². The summed E-state index contributed by atoms with van der Waals surface area (Å²) in [6, 6.07) is 0. The first-order chi connectivity index (χ1) is 8.95. The predicted octanol–water partition coefficient (Wildman–Crippen LogP) is -0.193. The maximum absolute atomic E-state index is 10.5. The molecule has 0 bridgehead atoms. The van der Waals surface area contributed by atoms with Crippen LogP contribution in [0.3, 0.4) is 0 Å². The van der Waals surface area contributed by atoms with Crippen LogP contribution in [0.5, 0.6) is 0 Å². The lowest BCUT2D eigenvalue weighted by atomic mass is 10.4. The van der Waals surface area contributed by atoms with Gasteiger partial charge < -0.3 is 15.2 Å². The molecular weight excluding hydrogens is 256 g/mol. The van der Waals surface area contributed by atoms with Gasteiger partial charge in [-0.3, -0.25) is 14.9 Å². The molecule has 0 unspecified atom stereocenters. The standard InChI is InChI=1S/C7H9NO4.C4H5NO2.H2/c1-2-3-6(9)12-5-4-8-7(10)11;6-3-1-2-4(7)5-3;/h3,8H,1,4-5H2,(H,10,11);1-2H2,(H,5,6,7);1H. The van der Waals surface area contributed by atoms with E-state index in [1.807, 2.05) is 5.32 Å². The lowest BCUT2D eigenvalue weighted by Crippen LogP contribution is -2.25. The van der Waals surface area contributed by atoms with Gasteiger partial charge in [0.05, 0.1) is 12.6 Å². The molecule has 0 radical (unpaired) electrons. The summed E-state index contributed by atoms with van der Waals surface area (Å²) in [5.41, 5.74) is 2.23. The van der Waals surface area contributed by atoms with E-state index in [1.54, 1.807) is 0 Å². The van der Waals surface area contributed by atoms with E-state index in [0.717, 1.165) is 6.08 Å². The number of nitrogens with one attached hydrogen (secondary N) is 2. The molecule has 8 nitrogen and oxygen atoms in total. The molecule has 0 aromatic heterocycles. The summed E-state index contributed by atoms with van der Waals surface area (Å²) in [5.74, 6) is -0.882. The van der Waals surface area contributed by atoms with E-state index in [0.29, 0.717) is 12.8 Å². The summed E-state index contributed by atoms with van der Waals surface area (Å²) in [7, 11) is 0. The molecule has 1 saturated heterocycles. The first-order valence-corrected chi connectivity index (χ1v) is 5.27. The van der Waals surface area contributed by atoms with Gasteiger partial charge in [-0.2, -0.15) is 0 Å². The molecule has 8 heteroatoms. The molecular formula is C11H16N2O6. The predicted molar refractivity (Wildman–Crippen MR) is 65.2 cm³/mol. The molecule has 19 heavy (non-hydrogen) atoms. The molecule has 0 aromatic rings. The van der Waals surface area contributed by atoms with Gasteiger partial charge in [0.1, 0.15) is 6.61 Å². The van der Waals surface area contributed by atoms with Gasteiger partial charge >= 0.3 is 12.1 Å². The van der Waals surface area contributed by atoms with E-state index in [4.69, 9.17) is 5.11 Å². The van der Waals surface area contributed by atoms with E-state index >= 15 is 0 Å². The number of ether oxygens (including phenoxy) is 1. The third kappa shape index (κ3) is 10.3. The number of carbonyl (C=O) groups excluding carboxylic acids is 3. The van der Waals surface area contributed by atoms with Crippen LogP contribution in [0.1, 0.15) is 14.3 Å². The summed E-state index contributed by atoms with van der Waals surface area (Å²) < 4.78 is 4.51. The van der Waals surface area contributed by atoms with Gasteiger partial charge in [-0.25, -0.2) is 9.59 Å². The monoisotopic (exact) mass is 272 g/mol. The molecule has 1 aliphatic heterocycles. The normalized spacial score (nSPS) is 12.4. The Morgan fingerprint density at radius 3 is 2.42 bits per heavy atom. The zero-order valence-electron chi connectivity index (χ0n) is 10.1. The molecule has 0 saturated carbocycles. The van der Waals surface area contributed by atoms with Crippen molar-refractivity contribution >= 4 is 23.9 Å². The molecule has 1 heterocycles. The zero-order chi connectivity index (χ0) is 14.7. The van der Waals surface area contributed by atoms with Crippen molar-refractivity contribution in [2.45, 2.75) is 12.8 Å². The highest BCUT2D eigenvalue weighted by molar-refractivity contribution is 6.01.